The van der Waals surface area contributed by atoms with Crippen molar-refractivity contribution in [2.45, 2.75) is 64.2 Å². The third kappa shape index (κ3) is 6.41. The quantitative estimate of drug-likeness (QED) is 0.245. The number of aromatic nitrogens is 3. The van der Waals surface area contributed by atoms with Crippen molar-refractivity contribution < 1.29 is 14.0 Å². The number of halogens is 2. The second kappa shape index (κ2) is 12.2. The molecule has 0 spiro atoms. The largest absolute Gasteiger partial charge is 0.341 e. The number of nitrogens with zero attached hydrogens (tertiary/aromatic N) is 3. The summed E-state index contributed by atoms with van der Waals surface area (Å²) in [5, 5.41) is 10.2. The third-order valence-corrected chi connectivity index (χ3v) is 8.39. The van der Waals surface area contributed by atoms with E-state index in [0.717, 1.165) is 27.9 Å². The summed E-state index contributed by atoms with van der Waals surface area (Å²) < 4.78 is 18.5. The van der Waals surface area contributed by atoms with E-state index in [1.807, 2.05) is 52.1 Å². The molecule has 0 aliphatic heterocycles. The second-order valence-electron chi connectivity index (χ2n) is 11.5. The van der Waals surface area contributed by atoms with Gasteiger partial charge < -0.3 is 15.2 Å². The van der Waals surface area contributed by atoms with Crippen molar-refractivity contribution in [1.29, 1.82) is 0 Å². The molecular weight excluding hydrogens is 569 g/mol. The van der Waals surface area contributed by atoms with E-state index in [9.17, 15) is 14.4 Å². The second-order valence-corrected chi connectivity index (χ2v) is 11.9. The van der Waals surface area contributed by atoms with Crippen molar-refractivity contribution in [3.05, 3.63) is 93.5 Å². The Hall–Kier alpha value is -4.24. The number of rotatable bonds is 9. The van der Waals surface area contributed by atoms with E-state index in [1.165, 1.54) is 6.07 Å². The Morgan fingerprint density at radius 1 is 1.05 bits per heavy atom. The molecule has 0 unspecified atom stereocenters. The summed E-state index contributed by atoms with van der Waals surface area (Å²) in [7, 11) is 1.87. The molecule has 4 aromatic rings. The molecule has 2 amide bonds. The van der Waals surface area contributed by atoms with Crippen molar-refractivity contribution >= 4 is 29.1 Å². The van der Waals surface area contributed by atoms with Gasteiger partial charge in [-0.2, -0.15) is 5.10 Å². The lowest BCUT2D eigenvalue weighted by Crippen LogP contribution is -2.54. The van der Waals surface area contributed by atoms with Crippen LogP contribution in [0, 0.1) is 6.92 Å². The molecular formula is C33H35ClFN5O3. The van der Waals surface area contributed by atoms with Crippen LogP contribution in [0.5, 0.6) is 0 Å². The smallest absolute Gasteiger partial charge is 0.258 e. The summed E-state index contributed by atoms with van der Waals surface area (Å²) in [5.41, 5.74) is 3.59. The maximum absolute atomic E-state index is 15.0. The van der Waals surface area contributed by atoms with Gasteiger partial charge in [0, 0.05) is 48.0 Å². The molecule has 10 heteroatoms. The zero-order chi connectivity index (χ0) is 30.9. The standard InChI is InChI=1S/C33H35ClFN5O3/c1-20(2)40-19-24(9-13-29(40)41)23-8-12-27(34)25(16-23)17-28(38-32(43)33(35)14-5-15-33)31(42)37-26-10-6-22(7-11-26)30-21(3)18-36-39(30)4/h6-13,16,18-20,28H,5,14-15,17H2,1-4H3,(H,37,42)(H,38,43)/t28-/m0/s1. The molecule has 8 nitrogen and oxygen atoms in total. The fraction of sp³-hybridized carbons (Fsp3) is 0.333. The van der Waals surface area contributed by atoms with Crippen molar-refractivity contribution in [2.24, 2.45) is 7.05 Å². The molecule has 224 valence electrons. The number of amides is 2. The molecule has 2 aromatic heterocycles. The van der Waals surface area contributed by atoms with Crippen LogP contribution in [0.2, 0.25) is 5.02 Å². The summed E-state index contributed by atoms with van der Waals surface area (Å²) in [4.78, 5) is 38.8. The highest BCUT2D eigenvalue weighted by atomic mass is 35.5. The van der Waals surface area contributed by atoms with E-state index in [4.69, 9.17) is 11.6 Å². The first-order valence-corrected chi connectivity index (χ1v) is 14.7. The van der Waals surface area contributed by atoms with Gasteiger partial charge in [0.1, 0.15) is 6.04 Å². The molecule has 1 aliphatic rings. The summed E-state index contributed by atoms with van der Waals surface area (Å²) in [6, 6.07) is 14.8. The predicted octanol–water partition coefficient (Wildman–Crippen LogP) is 6.02. The molecule has 43 heavy (non-hydrogen) atoms. The Morgan fingerprint density at radius 3 is 2.33 bits per heavy atom. The van der Waals surface area contributed by atoms with E-state index in [-0.39, 0.29) is 30.9 Å². The van der Waals surface area contributed by atoms with Crippen LogP contribution in [0.4, 0.5) is 10.1 Å². The number of hydrogen-bond donors (Lipinski definition) is 2. The first-order chi connectivity index (χ1) is 20.4. The summed E-state index contributed by atoms with van der Waals surface area (Å²) in [6.45, 7) is 5.83. The van der Waals surface area contributed by atoms with Crippen LogP contribution < -0.4 is 16.2 Å². The normalized spacial score (nSPS) is 14.7. The summed E-state index contributed by atoms with van der Waals surface area (Å²) >= 11 is 6.58. The number of carbonyl (C=O) groups is 2. The van der Waals surface area contributed by atoms with Gasteiger partial charge in [-0.25, -0.2) is 4.39 Å². The van der Waals surface area contributed by atoms with Crippen molar-refractivity contribution in [2.75, 3.05) is 5.32 Å². The number of alkyl halides is 1. The lowest BCUT2D eigenvalue weighted by molar-refractivity contribution is -0.140. The molecule has 2 N–H and O–H groups in total. The topological polar surface area (TPSA) is 98.0 Å². The maximum Gasteiger partial charge on any atom is 0.258 e. The molecule has 1 atom stereocenters. The van der Waals surface area contributed by atoms with Crippen molar-refractivity contribution in [1.82, 2.24) is 19.7 Å². The molecule has 0 bridgehead atoms. The minimum absolute atomic E-state index is 0.0238. The van der Waals surface area contributed by atoms with Crippen molar-refractivity contribution in [3.8, 4) is 22.4 Å². The first kappa shape index (κ1) is 30.2. The Morgan fingerprint density at radius 2 is 1.72 bits per heavy atom. The highest BCUT2D eigenvalue weighted by Crippen LogP contribution is 2.36. The fourth-order valence-corrected chi connectivity index (χ4v) is 5.52. The van der Waals surface area contributed by atoms with Gasteiger partial charge in [0.25, 0.3) is 11.5 Å². The lowest BCUT2D eigenvalue weighted by atomic mass is 9.81. The zero-order valence-electron chi connectivity index (χ0n) is 24.7. The molecule has 1 fully saturated rings. The number of pyridine rings is 1. The Bertz CT molecular complexity index is 1700. The Balaban J connectivity index is 1.41. The molecule has 1 saturated carbocycles. The van der Waals surface area contributed by atoms with E-state index in [0.29, 0.717) is 22.7 Å². The zero-order valence-corrected chi connectivity index (χ0v) is 25.4. The SMILES string of the molecule is Cc1cnn(C)c1-c1ccc(NC(=O)[C@H](Cc2cc(-c3ccc(=O)n(C(C)C)c3)ccc2Cl)NC(=O)C2(F)CCC2)cc1. The van der Waals surface area contributed by atoms with Crippen LogP contribution in [0.15, 0.2) is 71.8 Å². The van der Waals surface area contributed by atoms with Gasteiger partial charge in [-0.05, 0) is 92.6 Å². The summed E-state index contributed by atoms with van der Waals surface area (Å²) in [6.07, 6.45) is 4.49. The van der Waals surface area contributed by atoms with E-state index in [2.05, 4.69) is 15.7 Å². The Kier molecular flexibility index (Phi) is 8.55. The van der Waals surface area contributed by atoms with Crippen LogP contribution in [-0.4, -0.2) is 37.9 Å². The Labute approximate surface area is 254 Å². The third-order valence-electron chi connectivity index (χ3n) is 8.02. The van der Waals surface area contributed by atoms with Gasteiger partial charge in [0.05, 0.1) is 11.9 Å². The first-order valence-electron chi connectivity index (χ1n) is 14.4. The van der Waals surface area contributed by atoms with Gasteiger partial charge in [-0.3, -0.25) is 19.1 Å². The number of anilines is 1. The average Bonchev–Trinajstić information content (AvgIpc) is 3.30. The number of hydrogen-bond acceptors (Lipinski definition) is 4. The molecule has 5 rings (SSSR count). The van der Waals surface area contributed by atoms with E-state index in [1.54, 1.807) is 45.9 Å². The van der Waals surface area contributed by atoms with Crippen LogP contribution in [0.1, 0.15) is 50.3 Å². The van der Waals surface area contributed by atoms with Crippen LogP contribution >= 0.6 is 11.6 Å². The molecule has 1 aliphatic carbocycles. The van der Waals surface area contributed by atoms with Gasteiger partial charge in [-0.15, -0.1) is 0 Å². The van der Waals surface area contributed by atoms with Crippen LogP contribution in [-0.2, 0) is 23.1 Å². The van der Waals surface area contributed by atoms with Gasteiger partial charge in [0.2, 0.25) is 5.91 Å². The highest BCUT2D eigenvalue weighted by Gasteiger charge is 2.45. The molecule has 2 aromatic carbocycles. The molecule has 0 saturated heterocycles. The molecule has 2 heterocycles. The van der Waals surface area contributed by atoms with Gasteiger partial charge in [0.15, 0.2) is 5.67 Å². The monoisotopic (exact) mass is 603 g/mol. The van der Waals surface area contributed by atoms with E-state index < -0.39 is 23.5 Å². The minimum atomic E-state index is -1.97. The fourth-order valence-electron chi connectivity index (χ4n) is 5.32. The van der Waals surface area contributed by atoms with Crippen LogP contribution in [0.3, 0.4) is 0 Å². The highest BCUT2D eigenvalue weighted by molar-refractivity contribution is 6.31. The van der Waals surface area contributed by atoms with Crippen LogP contribution in [0.25, 0.3) is 22.4 Å². The van der Waals surface area contributed by atoms with Gasteiger partial charge in [-0.1, -0.05) is 29.8 Å². The summed E-state index contributed by atoms with van der Waals surface area (Å²) in [5.74, 6) is -1.28. The minimum Gasteiger partial charge on any atom is -0.341 e. The number of benzene rings is 2. The lowest BCUT2D eigenvalue weighted by Gasteiger charge is -2.33. The van der Waals surface area contributed by atoms with Crippen molar-refractivity contribution in [3.63, 3.8) is 0 Å². The predicted molar refractivity (Wildman–Crippen MR) is 167 cm³/mol. The average molecular weight is 604 g/mol. The maximum atomic E-state index is 15.0. The number of aryl methyl sites for hydroxylation is 2. The van der Waals surface area contributed by atoms with E-state index >= 15 is 4.39 Å². The number of nitrogens with one attached hydrogen (secondary N) is 2. The molecule has 0 radical (unpaired) electrons. The number of carbonyl (C=O) groups excluding carboxylic acids is 2. The van der Waals surface area contributed by atoms with Gasteiger partial charge >= 0.3 is 0 Å².